The van der Waals surface area contributed by atoms with Gasteiger partial charge < -0.3 is 5.32 Å². The molecule has 1 heterocycles. The Kier molecular flexibility index (Phi) is 5.41. The maximum atomic E-state index is 12.1. The molecule has 1 aliphatic heterocycles. The summed E-state index contributed by atoms with van der Waals surface area (Å²) in [6, 6.07) is 1.22. The maximum Gasteiger partial charge on any atom is 0.0906 e. The van der Waals surface area contributed by atoms with Gasteiger partial charge in [-0.2, -0.15) is 0 Å². The van der Waals surface area contributed by atoms with Crippen LogP contribution in [0.3, 0.4) is 0 Å². The first kappa shape index (κ1) is 11.9. The number of halogens is 1. The Morgan fingerprint density at radius 2 is 2.14 bits per heavy atom. The van der Waals surface area contributed by atoms with E-state index < -0.39 is 0 Å². The molecular formula is C11H23FN2. The van der Waals surface area contributed by atoms with E-state index in [0.29, 0.717) is 18.5 Å². The lowest BCUT2D eigenvalue weighted by molar-refractivity contribution is 0.121. The fourth-order valence-electron chi connectivity index (χ4n) is 2.14. The summed E-state index contributed by atoms with van der Waals surface area (Å²) in [6.45, 7) is 7.32. The highest BCUT2D eigenvalue weighted by molar-refractivity contribution is 4.84. The van der Waals surface area contributed by atoms with Crippen molar-refractivity contribution < 1.29 is 4.39 Å². The third-order valence-corrected chi connectivity index (χ3v) is 3.16. The standard InChI is InChI=1S/C11H23FN2/c1-3-10-9-14(7-5-6-12)11(4-2)8-13-10/h10-11,13H,3-9H2,1-2H3. The third-order valence-electron chi connectivity index (χ3n) is 3.16. The molecule has 0 bridgehead atoms. The quantitative estimate of drug-likeness (QED) is 0.731. The van der Waals surface area contributed by atoms with Crippen LogP contribution in [0.4, 0.5) is 4.39 Å². The van der Waals surface area contributed by atoms with Crippen molar-refractivity contribution in [3.05, 3.63) is 0 Å². The Labute approximate surface area is 86.9 Å². The summed E-state index contributed by atoms with van der Waals surface area (Å²) < 4.78 is 12.1. The van der Waals surface area contributed by atoms with E-state index in [4.69, 9.17) is 0 Å². The molecule has 2 nitrogen and oxygen atoms in total. The summed E-state index contributed by atoms with van der Waals surface area (Å²) in [5.41, 5.74) is 0. The number of hydrogen-bond donors (Lipinski definition) is 1. The molecule has 1 N–H and O–H groups in total. The SMILES string of the molecule is CCC1CN(CCCF)C(CC)CN1. The van der Waals surface area contributed by atoms with E-state index in [-0.39, 0.29) is 6.67 Å². The van der Waals surface area contributed by atoms with Crippen molar-refractivity contribution in [3.63, 3.8) is 0 Å². The van der Waals surface area contributed by atoms with Gasteiger partial charge in [-0.25, -0.2) is 0 Å². The minimum atomic E-state index is -0.183. The molecule has 14 heavy (non-hydrogen) atoms. The fourth-order valence-corrected chi connectivity index (χ4v) is 2.14. The zero-order valence-electron chi connectivity index (χ0n) is 9.43. The van der Waals surface area contributed by atoms with E-state index in [1.54, 1.807) is 0 Å². The van der Waals surface area contributed by atoms with Gasteiger partial charge in [0.1, 0.15) is 0 Å². The molecule has 0 aromatic heterocycles. The molecule has 0 saturated carbocycles. The lowest BCUT2D eigenvalue weighted by atomic mass is 10.1. The first-order chi connectivity index (χ1) is 6.81. The van der Waals surface area contributed by atoms with Crippen molar-refractivity contribution in [1.29, 1.82) is 0 Å². The van der Waals surface area contributed by atoms with Gasteiger partial charge in [0.2, 0.25) is 0 Å². The summed E-state index contributed by atoms with van der Waals surface area (Å²) in [5.74, 6) is 0. The molecular weight excluding hydrogens is 179 g/mol. The number of rotatable bonds is 5. The zero-order chi connectivity index (χ0) is 10.4. The second-order valence-corrected chi connectivity index (χ2v) is 4.11. The lowest BCUT2D eigenvalue weighted by Crippen LogP contribution is -2.56. The van der Waals surface area contributed by atoms with Gasteiger partial charge in [0.25, 0.3) is 0 Å². The molecule has 1 fully saturated rings. The fraction of sp³-hybridized carbons (Fsp3) is 1.00. The van der Waals surface area contributed by atoms with Crippen LogP contribution in [-0.4, -0.2) is 43.3 Å². The molecule has 0 aromatic rings. The molecule has 0 amide bonds. The highest BCUT2D eigenvalue weighted by Gasteiger charge is 2.24. The van der Waals surface area contributed by atoms with Gasteiger partial charge in [0.05, 0.1) is 6.67 Å². The van der Waals surface area contributed by atoms with E-state index in [0.717, 1.165) is 26.1 Å². The van der Waals surface area contributed by atoms with Crippen molar-refractivity contribution >= 4 is 0 Å². The summed E-state index contributed by atoms with van der Waals surface area (Å²) in [5, 5.41) is 3.54. The number of hydrogen-bond acceptors (Lipinski definition) is 2. The van der Waals surface area contributed by atoms with E-state index in [1.807, 2.05) is 0 Å². The van der Waals surface area contributed by atoms with Crippen molar-refractivity contribution in [3.8, 4) is 0 Å². The minimum Gasteiger partial charge on any atom is -0.311 e. The number of piperazine rings is 1. The first-order valence-electron chi connectivity index (χ1n) is 5.85. The number of nitrogens with one attached hydrogen (secondary N) is 1. The van der Waals surface area contributed by atoms with E-state index in [9.17, 15) is 4.39 Å². The van der Waals surface area contributed by atoms with Crippen LogP contribution in [0, 0.1) is 0 Å². The Morgan fingerprint density at radius 3 is 2.71 bits per heavy atom. The second kappa shape index (κ2) is 6.36. The van der Waals surface area contributed by atoms with Crippen LogP contribution in [0.15, 0.2) is 0 Å². The molecule has 1 saturated heterocycles. The molecule has 2 atom stereocenters. The summed E-state index contributed by atoms with van der Waals surface area (Å²) in [6.07, 6.45) is 3.02. The zero-order valence-corrected chi connectivity index (χ0v) is 9.43. The predicted octanol–water partition coefficient (Wildman–Crippen LogP) is 1.81. The first-order valence-corrected chi connectivity index (χ1v) is 5.85. The predicted molar refractivity (Wildman–Crippen MR) is 58.3 cm³/mol. The summed E-state index contributed by atoms with van der Waals surface area (Å²) >= 11 is 0. The van der Waals surface area contributed by atoms with Gasteiger partial charge in [-0.15, -0.1) is 0 Å². The van der Waals surface area contributed by atoms with Gasteiger partial charge >= 0.3 is 0 Å². The van der Waals surface area contributed by atoms with Crippen LogP contribution >= 0.6 is 0 Å². The van der Waals surface area contributed by atoms with Crippen LogP contribution in [0.2, 0.25) is 0 Å². The van der Waals surface area contributed by atoms with Crippen LogP contribution in [-0.2, 0) is 0 Å². The maximum absolute atomic E-state index is 12.1. The second-order valence-electron chi connectivity index (χ2n) is 4.11. The van der Waals surface area contributed by atoms with Crippen LogP contribution in [0.1, 0.15) is 33.1 Å². The Morgan fingerprint density at radius 1 is 1.36 bits per heavy atom. The molecule has 0 radical (unpaired) electrons. The van der Waals surface area contributed by atoms with E-state index in [2.05, 4.69) is 24.1 Å². The smallest absolute Gasteiger partial charge is 0.0906 e. The van der Waals surface area contributed by atoms with Gasteiger partial charge in [-0.05, 0) is 19.3 Å². The third kappa shape index (κ3) is 3.21. The molecule has 0 aromatic carbocycles. The van der Waals surface area contributed by atoms with Gasteiger partial charge in [-0.1, -0.05) is 13.8 Å². The Balaban J connectivity index is 2.38. The minimum absolute atomic E-state index is 0.183. The van der Waals surface area contributed by atoms with Crippen LogP contribution < -0.4 is 5.32 Å². The Bertz CT molecular complexity index is 152. The number of alkyl halides is 1. The Hall–Kier alpha value is -0.150. The van der Waals surface area contributed by atoms with Gasteiger partial charge in [0, 0.05) is 31.7 Å². The van der Waals surface area contributed by atoms with Crippen molar-refractivity contribution in [2.24, 2.45) is 0 Å². The van der Waals surface area contributed by atoms with Gasteiger partial charge in [-0.3, -0.25) is 9.29 Å². The lowest BCUT2D eigenvalue weighted by Gasteiger charge is -2.39. The average Bonchev–Trinajstić information content (AvgIpc) is 2.25. The number of nitrogens with zero attached hydrogens (tertiary/aromatic N) is 1. The topological polar surface area (TPSA) is 15.3 Å². The average molecular weight is 202 g/mol. The normalized spacial score (nSPS) is 29.4. The highest BCUT2D eigenvalue weighted by atomic mass is 19.1. The molecule has 2 unspecified atom stereocenters. The molecule has 1 aliphatic rings. The van der Waals surface area contributed by atoms with Gasteiger partial charge in [0.15, 0.2) is 0 Å². The van der Waals surface area contributed by atoms with Crippen molar-refractivity contribution in [2.75, 3.05) is 26.3 Å². The van der Waals surface area contributed by atoms with E-state index in [1.165, 1.54) is 6.42 Å². The van der Waals surface area contributed by atoms with Crippen molar-refractivity contribution in [1.82, 2.24) is 10.2 Å². The van der Waals surface area contributed by atoms with Crippen molar-refractivity contribution in [2.45, 2.75) is 45.2 Å². The van der Waals surface area contributed by atoms with Crippen LogP contribution in [0.25, 0.3) is 0 Å². The summed E-state index contributed by atoms with van der Waals surface area (Å²) in [7, 11) is 0. The monoisotopic (exact) mass is 202 g/mol. The largest absolute Gasteiger partial charge is 0.311 e. The van der Waals surface area contributed by atoms with E-state index >= 15 is 0 Å². The molecule has 3 heteroatoms. The summed E-state index contributed by atoms with van der Waals surface area (Å²) in [4.78, 5) is 2.45. The van der Waals surface area contributed by atoms with Crippen LogP contribution in [0.5, 0.6) is 0 Å². The highest BCUT2D eigenvalue weighted by Crippen LogP contribution is 2.12. The molecule has 1 rings (SSSR count). The molecule has 0 aliphatic carbocycles. The molecule has 0 spiro atoms. The molecule has 84 valence electrons.